The van der Waals surface area contributed by atoms with Crippen molar-refractivity contribution in [2.45, 2.75) is 41.9 Å². The second-order valence-corrected chi connectivity index (χ2v) is 8.10. The van der Waals surface area contributed by atoms with E-state index in [-0.39, 0.29) is 22.6 Å². The summed E-state index contributed by atoms with van der Waals surface area (Å²) in [5.74, 6) is -0.112. The van der Waals surface area contributed by atoms with Crippen molar-refractivity contribution in [3.63, 3.8) is 0 Å². The molecule has 0 saturated heterocycles. The Morgan fingerprint density at radius 2 is 1.96 bits per heavy atom. The van der Waals surface area contributed by atoms with Gasteiger partial charge >= 0.3 is 0 Å². The van der Waals surface area contributed by atoms with E-state index in [2.05, 4.69) is 22.8 Å². The van der Waals surface area contributed by atoms with Crippen molar-refractivity contribution in [3.8, 4) is 0 Å². The van der Waals surface area contributed by atoms with Gasteiger partial charge in [-0.15, -0.1) is 11.8 Å². The number of amides is 2. The minimum Gasteiger partial charge on any atom is -0.343 e. The Balaban J connectivity index is 1.58. The summed E-state index contributed by atoms with van der Waals surface area (Å²) in [5, 5.41) is 6.01. The fourth-order valence-electron chi connectivity index (χ4n) is 3.41. The standard InChI is InChI=1S/C20H20N2O2S/c1-13-18(23)21-16-12-14(8-9-17(16)25-13)19(24)22-20(10-5-11-20)15-6-3-2-4-7-15/h2-4,6-9,12-13H,5,10-11H2,1H3,(H,21,23)(H,22,24). The number of nitrogens with one attached hydrogen (secondary N) is 2. The molecule has 2 amide bonds. The van der Waals surface area contributed by atoms with Crippen LogP contribution < -0.4 is 10.6 Å². The van der Waals surface area contributed by atoms with Crippen LogP contribution in [0.3, 0.4) is 0 Å². The highest BCUT2D eigenvalue weighted by Gasteiger charge is 2.40. The van der Waals surface area contributed by atoms with Crippen molar-refractivity contribution in [2.75, 3.05) is 5.32 Å². The summed E-state index contributed by atoms with van der Waals surface area (Å²) in [6.45, 7) is 1.88. The predicted molar refractivity (Wildman–Crippen MR) is 99.8 cm³/mol. The first-order chi connectivity index (χ1) is 12.1. The molecule has 0 bridgehead atoms. The van der Waals surface area contributed by atoms with Crippen LogP contribution in [0.2, 0.25) is 0 Å². The smallest absolute Gasteiger partial charge is 0.252 e. The number of hydrogen-bond donors (Lipinski definition) is 2. The molecule has 25 heavy (non-hydrogen) atoms. The maximum Gasteiger partial charge on any atom is 0.252 e. The number of benzene rings is 2. The second-order valence-electron chi connectivity index (χ2n) is 6.72. The monoisotopic (exact) mass is 352 g/mol. The maximum absolute atomic E-state index is 12.8. The molecule has 1 fully saturated rings. The van der Waals surface area contributed by atoms with E-state index in [0.29, 0.717) is 5.56 Å². The molecule has 4 rings (SSSR count). The van der Waals surface area contributed by atoms with Gasteiger partial charge in [0.05, 0.1) is 16.5 Å². The first-order valence-corrected chi connectivity index (χ1v) is 9.45. The van der Waals surface area contributed by atoms with E-state index in [1.165, 1.54) is 11.8 Å². The molecule has 4 nitrogen and oxygen atoms in total. The highest BCUT2D eigenvalue weighted by atomic mass is 32.2. The molecular formula is C20H20N2O2S. The summed E-state index contributed by atoms with van der Waals surface area (Å²) in [5.41, 5.74) is 2.20. The van der Waals surface area contributed by atoms with Crippen LogP contribution in [0.15, 0.2) is 53.4 Å². The van der Waals surface area contributed by atoms with Crippen LogP contribution in [-0.4, -0.2) is 17.1 Å². The molecule has 5 heteroatoms. The first kappa shape index (κ1) is 16.2. The van der Waals surface area contributed by atoms with Crippen LogP contribution in [0.4, 0.5) is 5.69 Å². The van der Waals surface area contributed by atoms with Crippen LogP contribution in [0, 0.1) is 0 Å². The normalized spacial score (nSPS) is 20.8. The van der Waals surface area contributed by atoms with Gasteiger partial charge in [-0.1, -0.05) is 30.3 Å². The average molecular weight is 352 g/mol. The van der Waals surface area contributed by atoms with Gasteiger partial charge in [0, 0.05) is 10.5 Å². The molecule has 0 aromatic heterocycles. The van der Waals surface area contributed by atoms with Crippen molar-refractivity contribution >= 4 is 29.3 Å². The lowest BCUT2D eigenvalue weighted by Crippen LogP contribution is -2.50. The van der Waals surface area contributed by atoms with Crippen molar-refractivity contribution < 1.29 is 9.59 Å². The molecular weight excluding hydrogens is 332 g/mol. The molecule has 1 aliphatic heterocycles. The summed E-state index contributed by atoms with van der Waals surface area (Å²) < 4.78 is 0. The third-order valence-corrected chi connectivity index (χ3v) is 6.24. The third kappa shape index (κ3) is 2.93. The quantitative estimate of drug-likeness (QED) is 0.880. The Morgan fingerprint density at radius 1 is 1.20 bits per heavy atom. The third-order valence-electron chi connectivity index (χ3n) is 5.06. The first-order valence-electron chi connectivity index (χ1n) is 8.57. The molecule has 1 atom stereocenters. The van der Waals surface area contributed by atoms with E-state index in [0.717, 1.165) is 35.4 Å². The number of hydrogen-bond acceptors (Lipinski definition) is 3. The van der Waals surface area contributed by atoms with Crippen molar-refractivity contribution in [1.82, 2.24) is 5.32 Å². The molecule has 0 spiro atoms. The Hall–Kier alpha value is -2.27. The molecule has 0 radical (unpaired) electrons. The molecule has 2 N–H and O–H groups in total. The molecule has 1 saturated carbocycles. The zero-order valence-electron chi connectivity index (χ0n) is 14.0. The lowest BCUT2D eigenvalue weighted by atomic mass is 9.71. The minimum absolute atomic E-state index is 0.0187. The number of fused-ring (bicyclic) bond motifs is 1. The summed E-state index contributed by atoms with van der Waals surface area (Å²) in [4.78, 5) is 25.7. The van der Waals surface area contributed by atoms with Gasteiger partial charge in [-0.05, 0) is 49.9 Å². The summed E-state index contributed by atoms with van der Waals surface area (Å²) >= 11 is 1.52. The van der Waals surface area contributed by atoms with E-state index in [1.807, 2.05) is 37.3 Å². The number of anilines is 1. The summed E-state index contributed by atoms with van der Waals surface area (Å²) in [7, 11) is 0. The molecule has 128 valence electrons. The lowest BCUT2D eigenvalue weighted by Gasteiger charge is -2.43. The van der Waals surface area contributed by atoms with Gasteiger partial charge in [-0.25, -0.2) is 0 Å². The van der Waals surface area contributed by atoms with Crippen LogP contribution >= 0.6 is 11.8 Å². The zero-order chi connectivity index (χ0) is 17.4. The summed E-state index contributed by atoms with van der Waals surface area (Å²) in [6, 6.07) is 15.7. The van der Waals surface area contributed by atoms with Gasteiger partial charge in [0.2, 0.25) is 5.91 Å². The number of carbonyl (C=O) groups excluding carboxylic acids is 2. The van der Waals surface area contributed by atoms with Crippen molar-refractivity contribution in [3.05, 3.63) is 59.7 Å². The van der Waals surface area contributed by atoms with Crippen LogP contribution in [0.25, 0.3) is 0 Å². The minimum atomic E-state index is -0.263. The van der Waals surface area contributed by atoms with Crippen LogP contribution in [-0.2, 0) is 10.3 Å². The Kier molecular flexibility index (Phi) is 4.04. The predicted octanol–water partition coefficient (Wildman–Crippen LogP) is 3.93. The Morgan fingerprint density at radius 3 is 2.64 bits per heavy atom. The highest BCUT2D eigenvalue weighted by molar-refractivity contribution is 8.00. The summed E-state index contributed by atoms with van der Waals surface area (Å²) in [6.07, 6.45) is 3.03. The van der Waals surface area contributed by atoms with E-state index in [9.17, 15) is 9.59 Å². The molecule has 2 aromatic rings. The number of carbonyl (C=O) groups is 2. The van der Waals surface area contributed by atoms with Crippen LogP contribution in [0.1, 0.15) is 42.1 Å². The number of thioether (sulfide) groups is 1. The topological polar surface area (TPSA) is 58.2 Å². The highest BCUT2D eigenvalue weighted by Crippen LogP contribution is 2.42. The van der Waals surface area contributed by atoms with Crippen molar-refractivity contribution in [2.24, 2.45) is 0 Å². The zero-order valence-corrected chi connectivity index (χ0v) is 14.9. The second kappa shape index (κ2) is 6.23. The van der Waals surface area contributed by atoms with Crippen LogP contribution in [0.5, 0.6) is 0 Å². The Bertz CT molecular complexity index is 831. The largest absolute Gasteiger partial charge is 0.343 e. The van der Waals surface area contributed by atoms with Crippen molar-refractivity contribution in [1.29, 1.82) is 0 Å². The molecule has 1 heterocycles. The van der Waals surface area contributed by atoms with Gasteiger partial charge in [-0.2, -0.15) is 0 Å². The van der Waals surface area contributed by atoms with Gasteiger partial charge in [0.15, 0.2) is 0 Å². The van der Waals surface area contributed by atoms with Gasteiger partial charge < -0.3 is 10.6 Å². The lowest BCUT2D eigenvalue weighted by molar-refractivity contribution is -0.115. The maximum atomic E-state index is 12.8. The van der Waals surface area contributed by atoms with E-state index in [1.54, 1.807) is 6.07 Å². The molecule has 2 aromatic carbocycles. The fourth-order valence-corrected chi connectivity index (χ4v) is 4.34. The number of rotatable bonds is 3. The van der Waals surface area contributed by atoms with E-state index >= 15 is 0 Å². The van der Waals surface area contributed by atoms with Gasteiger partial charge in [0.25, 0.3) is 5.91 Å². The molecule has 2 aliphatic rings. The molecule has 1 unspecified atom stereocenters. The average Bonchev–Trinajstić information content (AvgIpc) is 2.59. The molecule has 1 aliphatic carbocycles. The Labute approximate surface area is 151 Å². The van der Waals surface area contributed by atoms with E-state index < -0.39 is 0 Å². The van der Waals surface area contributed by atoms with Gasteiger partial charge in [-0.3, -0.25) is 9.59 Å². The van der Waals surface area contributed by atoms with E-state index in [4.69, 9.17) is 0 Å². The SMILES string of the molecule is CC1Sc2ccc(C(=O)NC3(c4ccccc4)CCC3)cc2NC1=O. The van der Waals surface area contributed by atoms with Gasteiger partial charge in [0.1, 0.15) is 0 Å². The fraction of sp³-hybridized carbons (Fsp3) is 0.300.